The lowest BCUT2D eigenvalue weighted by molar-refractivity contribution is -0.127. The van der Waals surface area contributed by atoms with Crippen LogP contribution in [0.2, 0.25) is 0 Å². The minimum Gasteiger partial charge on any atom is -0.423 e. The fourth-order valence-electron chi connectivity index (χ4n) is 2.50. The highest BCUT2D eigenvalue weighted by Gasteiger charge is 2.14. The third-order valence-electron chi connectivity index (χ3n) is 3.63. The summed E-state index contributed by atoms with van der Waals surface area (Å²) in [6.07, 6.45) is 1.23. The zero-order chi connectivity index (χ0) is 16.5. The molecule has 2 aromatic carbocycles. The molecular formula is C18H12N2O3S. The van der Waals surface area contributed by atoms with Gasteiger partial charge in [0.15, 0.2) is 4.80 Å². The molecule has 2 heterocycles. The van der Waals surface area contributed by atoms with Crippen molar-refractivity contribution in [3.8, 4) is 5.75 Å². The van der Waals surface area contributed by atoms with Gasteiger partial charge in [-0.05, 0) is 23.8 Å². The maximum absolute atomic E-state index is 12.5. The maximum atomic E-state index is 12.5. The van der Waals surface area contributed by atoms with Gasteiger partial charge in [0.1, 0.15) is 10.3 Å². The molecule has 0 saturated carbocycles. The molecule has 118 valence electrons. The van der Waals surface area contributed by atoms with Gasteiger partial charge in [0, 0.05) is 6.08 Å². The largest absolute Gasteiger partial charge is 0.423 e. The van der Waals surface area contributed by atoms with Crippen LogP contribution in [0, 0.1) is 0 Å². The van der Waals surface area contributed by atoms with Crippen LogP contribution in [-0.4, -0.2) is 10.5 Å². The molecule has 0 fully saturated rings. The first-order chi connectivity index (χ1) is 11.7. The summed E-state index contributed by atoms with van der Waals surface area (Å²) in [6, 6.07) is 16.4. The summed E-state index contributed by atoms with van der Waals surface area (Å²) in [5.41, 5.74) is 1.62. The van der Waals surface area contributed by atoms with Crippen molar-refractivity contribution < 1.29 is 9.53 Å². The molecule has 0 amide bonds. The van der Waals surface area contributed by atoms with Gasteiger partial charge in [0.05, 0.1) is 12.2 Å². The van der Waals surface area contributed by atoms with Crippen molar-refractivity contribution in [2.75, 3.05) is 0 Å². The number of thiazole rings is 1. The number of aromatic nitrogens is 1. The molecule has 6 heteroatoms. The number of para-hydroxylation sites is 2. The third-order valence-corrected chi connectivity index (χ3v) is 4.64. The van der Waals surface area contributed by atoms with Crippen LogP contribution >= 0.6 is 11.3 Å². The van der Waals surface area contributed by atoms with Crippen molar-refractivity contribution in [2.24, 2.45) is 4.99 Å². The zero-order valence-electron chi connectivity index (χ0n) is 12.5. The molecule has 3 aromatic rings. The first-order valence-corrected chi connectivity index (χ1v) is 8.17. The van der Waals surface area contributed by atoms with Crippen molar-refractivity contribution in [2.45, 2.75) is 6.54 Å². The Bertz CT molecular complexity index is 1100. The van der Waals surface area contributed by atoms with E-state index >= 15 is 0 Å². The molecule has 1 aliphatic rings. The fraction of sp³-hybridized carbons (Fsp3) is 0.0556. The first-order valence-electron chi connectivity index (χ1n) is 7.35. The number of esters is 1. The molecule has 0 N–H and O–H groups in total. The SMILES string of the molecule is O=C(C=c1sc2n(c1=O)Cc1ccccc1N=2)Oc1ccccc1. The Kier molecular flexibility index (Phi) is 3.59. The van der Waals surface area contributed by atoms with E-state index in [0.29, 0.717) is 21.6 Å². The second-order valence-electron chi connectivity index (χ2n) is 5.26. The summed E-state index contributed by atoms with van der Waals surface area (Å²) in [6.45, 7) is 0.464. The van der Waals surface area contributed by atoms with E-state index in [4.69, 9.17) is 4.74 Å². The van der Waals surface area contributed by atoms with E-state index in [1.165, 1.54) is 17.4 Å². The summed E-state index contributed by atoms with van der Waals surface area (Å²) in [7, 11) is 0. The second-order valence-corrected chi connectivity index (χ2v) is 6.27. The summed E-state index contributed by atoms with van der Waals surface area (Å²) < 4.78 is 7.10. The lowest BCUT2D eigenvalue weighted by Crippen LogP contribution is -2.33. The third kappa shape index (κ3) is 2.68. The number of nitrogens with zero attached hydrogens (tertiary/aromatic N) is 2. The molecule has 4 rings (SSSR count). The average Bonchev–Trinajstić information content (AvgIpc) is 2.89. The monoisotopic (exact) mass is 336 g/mol. The van der Waals surface area contributed by atoms with Gasteiger partial charge in [-0.1, -0.05) is 47.7 Å². The Hall–Kier alpha value is -2.99. The van der Waals surface area contributed by atoms with Crippen molar-refractivity contribution in [1.29, 1.82) is 0 Å². The number of benzene rings is 2. The predicted molar refractivity (Wildman–Crippen MR) is 91.1 cm³/mol. The number of carbonyl (C=O) groups excluding carboxylic acids is 1. The molecule has 24 heavy (non-hydrogen) atoms. The van der Waals surface area contributed by atoms with E-state index in [2.05, 4.69) is 4.99 Å². The lowest BCUT2D eigenvalue weighted by Gasteiger charge is -2.10. The molecule has 0 aliphatic carbocycles. The molecule has 0 atom stereocenters. The van der Waals surface area contributed by atoms with E-state index < -0.39 is 5.97 Å². The highest BCUT2D eigenvalue weighted by atomic mass is 32.1. The molecule has 0 saturated heterocycles. The molecule has 1 aliphatic heterocycles. The summed E-state index contributed by atoms with van der Waals surface area (Å²) >= 11 is 1.19. The highest BCUT2D eigenvalue weighted by molar-refractivity contribution is 7.07. The van der Waals surface area contributed by atoms with Crippen LogP contribution in [-0.2, 0) is 11.3 Å². The molecular weight excluding hydrogens is 324 g/mol. The minimum atomic E-state index is -0.574. The highest BCUT2D eigenvalue weighted by Crippen LogP contribution is 2.20. The zero-order valence-corrected chi connectivity index (χ0v) is 13.3. The van der Waals surface area contributed by atoms with Crippen LogP contribution in [0.3, 0.4) is 0 Å². The van der Waals surface area contributed by atoms with Crippen molar-refractivity contribution >= 4 is 29.1 Å². The van der Waals surface area contributed by atoms with Gasteiger partial charge in [-0.15, -0.1) is 0 Å². The number of ether oxygens (including phenoxy) is 1. The Morgan fingerprint density at radius 1 is 1.12 bits per heavy atom. The Morgan fingerprint density at radius 2 is 1.88 bits per heavy atom. The predicted octanol–water partition coefficient (Wildman–Crippen LogP) is 1.61. The van der Waals surface area contributed by atoms with Crippen molar-refractivity contribution in [3.63, 3.8) is 0 Å². The van der Waals surface area contributed by atoms with Gasteiger partial charge in [-0.3, -0.25) is 9.36 Å². The van der Waals surface area contributed by atoms with E-state index in [0.717, 1.165) is 11.3 Å². The van der Waals surface area contributed by atoms with Crippen molar-refractivity contribution in [1.82, 2.24) is 4.57 Å². The molecule has 0 spiro atoms. The van der Waals surface area contributed by atoms with Gasteiger partial charge >= 0.3 is 5.97 Å². The molecule has 0 unspecified atom stereocenters. The van der Waals surface area contributed by atoms with Gasteiger partial charge < -0.3 is 4.74 Å². The smallest absolute Gasteiger partial charge is 0.337 e. The van der Waals surface area contributed by atoms with Crippen LogP contribution in [0.15, 0.2) is 64.4 Å². The average molecular weight is 336 g/mol. The van der Waals surface area contributed by atoms with E-state index in [-0.39, 0.29) is 5.56 Å². The number of carbonyl (C=O) groups is 1. The Balaban J connectivity index is 1.71. The topological polar surface area (TPSA) is 60.7 Å². The van der Waals surface area contributed by atoms with Gasteiger partial charge in [0.25, 0.3) is 5.56 Å². The molecule has 1 aromatic heterocycles. The lowest BCUT2D eigenvalue weighted by atomic mass is 10.1. The molecule has 0 radical (unpaired) electrons. The summed E-state index contributed by atoms with van der Waals surface area (Å²) in [5, 5.41) is 0. The van der Waals surface area contributed by atoms with Gasteiger partial charge in [-0.25, -0.2) is 9.79 Å². The maximum Gasteiger partial charge on any atom is 0.337 e. The normalized spacial score (nSPS) is 12.9. The standard InChI is InChI=1S/C18H12N2O3S/c21-16(23-13-7-2-1-3-8-13)10-15-17(22)20-11-12-6-4-5-9-14(12)19-18(20)24-15/h1-10H,11H2. The number of hydrogen-bond donors (Lipinski definition) is 0. The van der Waals surface area contributed by atoms with Crippen LogP contribution in [0.5, 0.6) is 5.75 Å². The number of hydrogen-bond acceptors (Lipinski definition) is 5. The summed E-state index contributed by atoms with van der Waals surface area (Å²) in [4.78, 5) is 29.6. The van der Waals surface area contributed by atoms with Gasteiger partial charge in [-0.2, -0.15) is 0 Å². The Morgan fingerprint density at radius 3 is 2.71 bits per heavy atom. The first kappa shape index (κ1) is 14.6. The van der Waals surface area contributed by atoms with E-state index in [9.17, 15) is 9.59 Å². The fourth-order valence-corrected chi connectivity index (χ4v) is 3.45. The van der Waals surface area contributed by atoms with Crippen LogP contribution in [0.1, 0.15) is 5.56 Å². The van der Waals surface area contributed by atoms with Gasteiger partial charge in [0.2, 0.25) is 0 Å². The van der Waals surface area contributed by atoms with Crippen LogP contribution in [0.4, 0.5) is 5.69 Å². The second kappa shape index (κ2) is 5.90. The minimum absolute atomic E-state index is 0.224. The van der Waals surface area contributed by atoms with Crippen LogP contribution < -0.4 is 19.6 Å². The molecule has 5 nitrogen and oxygen atoms in total. The van der Waals surface area contributed by atoms with E-state index in [1.807, 2.05) is 30.3 Å². The van der Waals surface area contributed by atoms with Crippen molar-refractivity contribution in [3.05, 3.63) is 79.8 Å². The molecule has 0 bridgehead atoms. The van der Waals surface area contributed by atoms with E-state index in [1.54, 1.807) is 28.8 Å². The Labute approximate surface area is 140 Å². The van der Waals surface area contributed by atoms with Crippen LogP contribution in [0.25, 0.3) is 6.08 Å². The quantitative estimate of drug-likeness (QED) is 0.413. The number of rotatable bonds is 2. The summed E-state index contributed by atoms with van der Waals surface area (Å²) in [5.74, 6) is -0.132. The number of fused-ring (bicyclic) bond motifs is 2.